The van der Waals surface area contributed by atoms with Gasteiger partial charge in [0, 0.05) is 17.5 Å². The van der Waals surface area contributed by atoms with Crippen LogP contribution in [0.2, 0.25) is 5.02 Å². The largest absolute Gasteiger partial charge is 0.493 e. The molecule has 1 heterocycles. The molecule has 0 radical (unpaired) electrons. The Kier molecular flexibility index (Phi) is 7.14. The molecule has 2 aromatic carbocycles. The molecule has 158 valence electrons. The minimum absolute atomic E-state index is 0.0283. The third-order valence-corrected chi connectivity index (χ3v) is 5.05. The first-order valence-corrected chi connectivity index (χ1v) is 10.6. The van der Waals surface area contributed by atoms with Crippen LogP contribution in [-0.4, -0.2) is 25.9 Å². The summed E-state index contributed by atoms with van der Waals surface area (Å²) >= 11 is 6.44. The molecule has 6 heteroatoms. The monoisotopic (exact) mass is 420 g/mol. The van der Waals surface area contributed by atoms with Gasteiger partial charge in [-0.25, -0.2) is 0 Å². The van der Waals surface area contributed by atoms with E-state index in [2.05, 4.69) is 24.4 Å². The molecular formula is C23H31ClNO4+. The van der Waals surface area contributed by atoms with Gasteiger partial charge in [0.15, 0.2) is 11.5 Å². The van der Waals surface area contributed by atoms with Gasteiger partial charge >= 0.3 is 0 Å². The average molecular weight is 421 g/mol. The van der Waals surface area contributed by atoms with Gasteiger partial charge in [-0.3, -0.25) is 0 Å². The third kappa shape index (κ3) is 5.28. The Balaban J connectivity index is 1.71. The molecular weight excluding hydrogens is 390 g/mol. The van der Waals surface area contributed by atoms with Gasteiger partial charge in [-0.1, -0.05) is 11.6 Å². The lowest BCUT2D eigenvalue weighted by molar-refractivity contribution is -0.686. The van der Waals surface area contributed by atoms with Crippen LogP contribution >= 0.6 is 11.6 Å². The molecule has 1 aliphatic heterocycles. The molecule has 0 saturated heterocycles. The normalized spacial score (nSPS) is 15.2. The van der Waals surface area contributed by atoms with Gasteiger partial charge < -0.3 is 24.3 Å². The zero-order valence-electron chi connectivity index (χ0n) is 17.9. The molecule has 0 unspecified atom stereocenters. The molecule has 0 amide bonds. The van der Waals surface area contributed by atoms with Crippen molar-refractivity contribution in [1.82, 2.24) is 0 Å². The first-order valence-electron chi connectivity index (χ1n) is 10.2. The Morgan fingerprint density at radius 1 is 1.17 bits per heavy atom. The number of hydrogen-bond donors (Lipinski definition) is 1. The second-order valence-electron chi connectivity index (χ2n) is 7.61. The maximum absolute atomic E-state index is 6.44. The van der Waals surface area contributed by atoms with Crippen molar-refractivity contribution in [2.24, 2.45) is 0 Å². The van der Waals surface area contributed by atoms with Crippen LogP contribution in [0.25, 0.3) is 0 Å². The van der Waals surface area contributed by atoms with Gasteiger partial charge in [0.2, 0.25) is 0 Å². The average Bonchev–Trinajstić information content (AvgIpc) is 3.02. The number of rotatable bonds is 9. The molecule has 2 N–H and O–H groups in total. The number of nitrogens with two attached hydrogens (primary N) is 1. The topological polar surface area (TPSA) is 53.5 Å². The van der Waals surface area contributed by atoms with Crippen LogP contribution in [0.4, 0.5) is 0 Å². The quantitative estimate of drug-likeness (QED) is 0.663. The molecule has 0 aliphatic carbocycles. The minimum atomic E-state index is 0.0283. The number of hydrogen-bond acceptors (Lipinski definition) is 4. The van der Waals surface area contributed by atoms with Crippen LogP contribution in [0.15, 0.2) is 24.3 Å². The predicted octanol–water partition coefficient (Wildman–Crippen LogP) is 4.12. The smallest absolute Gasteiger partial charge is 0.180 e. The van der Waals surface area contributed by atoms with Crippen LogP contribution in [-0.2, 0) is 19.5 Å². The van der Waals surface area contributed by atoms with Crippen LogP contribution in [0, 0.1) is 0 Å². The van der Waals surface area contributed by atoms with Crippen molar-refractivity contribution in [3.8, 4) is 23.0 Å². The summed E-state index contributed by atoms with van der Waals surface area (Å²) in [6.07, 6.45) is 1.18. The van der Waals surface area contributed by atoms with Crippen molar-refractivity contribution in [2.45, 2.75) is 59.4 Å². The Morgan fingerprint density at radius 3 is 2.66 bits per heavy atom. The van der Waals surface area contributed by atoms with Crippen LogP contribution in [0.3, 0.4) is 0 Å². The van der Waals surface area contributed by atoms with Gasteiger partial charge in [0.1, 0.15) is 30.7 Å². The van der Waals surface area contributed by atoms with E-state index in [1.165, 1.54) is 5.56 Å². The predicted molar refractivity (Wildman–Crippen MR) is 115 cm³/mol. The highest BCUT2D eigenvalue weighted by Gasteiger charge is 2.22. The molecule has 1 atom stereocenters. The minimum Gasteiger partial charge on any atom is -0.493 e. The van der Waals surface area contributed by atoms with E-state index in [1.54, 1.807) is 7.11 Å². The van der Waals surface area contributed by atoms with Crippen molar-refractivity contribution in [1.29, 1.82) is 0 Å². The van der Waals surface area contributed by atoms with Crippen molar-refractivity contribution in [3.05, 3.63) is 46.0 Å². The third-order valence-electron chi connectivity index (χ3n) is 4.77. The van der Waals surface area contributed by atoms with Gasteiger partial charge in [-0.05, 0) is 52.0 Å². The first kappa shape index (κ1) is 21.6. The van der Waals surface area contributed by atoms with E-state index >= 15 is 0 Å². The number of halogens is 1. The van der Waals surface area contributed by atoms with Crippen LogP contribution in [0.5, 0.6) is 23.0 Å². The molecule has 0 aromatic heterocycles. The molecule has 29 heavy (non-hydrogen) atoms. The van der Waals surface area contributed by atoms with Crippen molar-refractivity contribution < 1.29 is 24.3 Å². The van der Waals surface area contributed by atoms with E-state index in [1.807, 2.05) is 32.9 Å². The molecule has 3 rings (SSSR count). The summed E-state index contributed by atoms with van der Waals surface area (Å²) in [6.45, 7) is 10.2. The molecule has 5 nitrogen and oxygen atoms in total. The zero-order valence-corrected chi connectivity index (χ0v) is 18.6. The van der Waals surface area contributed by atoms with Crippen molar-refractivity contribution in [3.63, 3.8) is 0 Å². The number of methoxy groups -OCH3 is 1. The van der Waals surface area contributed by atoms with E-state index in [0.29, 0.717) is 23.1 Å². The Morgan fingerprint density at radius 2 is 1.97 bits per heavy atom. The summed E-state index contributed by atoms with van der Waals surface area (Å²) in [5.74, 6) is 3.17. The highest BCUT2D eigenvalue weighted by atomic mass is 35.5. The fraction of sp³-hybridized carbons (Fsp3) is 0.478. The lowest BCUT2D eigenvalue weighted by Gasteiger charge is -2.16. The maximum Gasteiger partial charge on any atom is 0.180 e. The van der Waals surface area contributed by atoms with Crippen LogP contribution in [0.1, 0.15) is 44.4 Å². The molecule has 1 aliphatic rings. The van der Waals surface area contributed by atoms with Gasteiger partial charge in [0.05, 0.1) is 30.4 Å². The van der Waals surface area contributed by atoms with Crippen molar-refractivity contribution >= 4 is 11.6 Å². The summed E-state index contributed by atoms with van der Waals surface area (Å²) in [5.41, 5.74) is 3.44. The molecule has 0 spiro atoms. The van der Waals surface area contributed by atoms with E-state index in [4.69, 9.17) is 30.5 Å². The first-order chi connectivity index (χ1) is 13.9. The molecule has 2 aromatic rings. The van der Waals surface area contributed by atoms with E-state index in [9.17, 15) is 0 Å². The van der Waals surface area contributed by atoms with Gasteiger partial charge in [0.25, 0.3) is 0 Å². The Labute approximate surface area is 178 Å². The fourth-order valence-corrected chi connectivity index (χ4v) is 3.84. The van der Waals surface area contributed by atoms with E-state index in [-0.39, 0.29) is 12.2 Å². The van der Waals surface area contributed by atoms with Crippen LogP contribution < -0.4 is 24.3 Å². The lowest BCUT2D eigenvalue weighted by Crippen LogP contribution is -2.80. The van der Waals surface area contributed by atoms with Gasteiger partial charge in [-0.15, -0.1) is 0 Å². The SMILES string of the molecule is CCOc1cc2c(cc1C[NH2+]Cc1cc(Cl)c(OC(C)C)c(OC)c1)O[C@@H](C)C2. The summed E-state index contributed by atoms with van der Waals surface area (Å²) < 4.78 is 23.1. The van der Waals surface area contributed by atoms with Crippen molar-refractivity contribution in [2.75, 3.05) is 13.7 Å². The zero-order chi connectivity index (χ0) is 21.0. The molecule has 0 bridgehead atoms. The number of ether oxygens (including phenoxy) is 4. The number of benzene rings is 2. The summed E-state index contributed by atoms with van der Waals surface area (Å²) in [7, 11) is 1.63. The summed E-state index contributed by atoms with van der Waals surface area (Å²) in [6, 6.07) is 8.17. The summed E-state index contributed by atoms with van der Waals surface area (Å²) in [4.78, 5) is 0. The maximum atomic E-state index is 6.44. The second kappa shape index (κ2) is 9.59. The lowest BCUT2D eigenvalue weighted by atomic mass is 10.1. The van der Waals surface area contributed by atoms with E-state index in [0.717, 1.165) is 42.1 Å². The fourth-order valence-electron chi connectivity index (χ4n) is 3.57. The molecule has 0 saturated carbocycles. The van der Waals surface area contributed by atoms with Gasteiger partial charge in [-0.2, -0.15) is 0 Å². The highest BCUT2D eigenvalue weighted by molar-refractivity contribution is 6.32. The standard InChI is InChI=1S/C23H30ClNO4/c1-6-27-20-10-17-7-15(4)29-21(17)11-18(20)13-25-12-16-8-19(24)23(28-14(2)3)22(9-16)26-5/h8-11,14-15,25H,6-7,12-13H2,1-5H3/p+1/t15-/m0/s1. The number of fused-ring (bicyclic) bond motifs is 1. The Bertz CT molecular complexity index is 853. The molecule has 0 fully saturated rings. The van der Waals surface area contributed by atoms with E-state index < -0.39 is 0 Å². The highest BCUT2D eigenvalue weighted by Crippen LogP contribution is 2.37. The second-order valence-corrected chi connectivity index (χ2v) is 8.01. The summed E-state index contributed by atoms with van der Waals surface area (Å²) in [5, 5.41) is 2.79. The number of quaternary nitrogens is 1. The Hall–Kier alpha value is -2.11.